The van der Waals surface area contributed by atoms with Crippen molar-refractivity contribution in [2.45, 2.75) is 17.2 Å². The van der Waals surface area contributed by atoms with Crippen molar-refractivity contribution in [3.63, 3.8) is 0 Å². The second-order valence-electron chi connectivity index (χ2n) is 3.91. The lowest BCUT2D eigenvalue weighted by Crippen LogP contribution is -1.98. The zero-order valence-electron chi connectivity index (χ0n) is 9.70. The van der Waals surface area contributed by atoms with Crippen LogP contribution in [0, 0.1) is 11.6 Å². The molecule has 94 valence electrons. The molecule has 0 aliphatic rings. The molecule has 0 atom stereocenters. The largest absolute Gasteiger partial charge is 0.326 e. The molecule has 2 rings (SSSR count). The van der Waals surface area contributed by atoms with Crippen LogP contribution >= 0.6 is 11.8 Å². The van der Waals surface area contributed by atoms with Crippen LogP contribution in [0.15, 0.2) is 47.4 Å². The minimum absolute atomic E-state index is 0.254. The van der Waals surface area contributed by atoms with E-state index in [0.29, 0.717) is 12.3 Å². The van der Waals surface area contributed by atoms with Crippen molar-refractivity contribution in [1.82, 2.24) is 0 Å². The van der Waals surface area contributed by atoms with E-state index in [4.69, 9.17) is 5.73 Å². The second kappa shape index (κ2) is 5.98. The summed E-state index contributed by atoms with van der Waals surface area (Å²) in [6.07, 6.45) is 0. The molecule has 0 spiro atoms. The van der Waals surface area contributed by atoms with E-state index in [2.05, 4.69) is 0 Å². The van der Waals surface area contributed by atoms with Crippen molar-refractivity contribution in [2.75, 3.05) is 0 Å². The van der Waals surface area contributed by atoms with Crippen LogP contribution in [0.1, 0.15) is 11.1 Å². The van der Waals surface area contributed by atoms with Crippen molar-refractivity contribution < 1.29 is 8.78 Å². The predicted octanol–water partition coefficient (Wildman–Crippen LogP) is 3.72. The van der Waals surface area contributed by atoms with Gasteiger partial charge in [-0.1, -0.05) is 6.07 Å². The standard InChI is InChI=1S/C14H13F2NS/c15-12-1-3-14(4-2-12)18-9-11-5-10(8-17)6-13(16)7-11/h1-7H,8-9,17H2. The zero-order chi connectivity index (χ0) is 13.0. The van der Waals surface area contributed by atoms with Crippen LogP contribution in [0.5, 0.6) is 0 Å². The van der Waals surface area contributed by atoms with E-state index in [9.17, 15) is 8.78 Å². The Balaban J connectivity index is 2.05. The maximum atomic E-state index is 13.3. The van der Waals surface area contributed by atoms with Crippen LogP contribution in [-0.4, -0.2) is 0 Å². The summed E-state index contributed by atoms with van der Waals surface area (Å²) >= 11 is 1.54. The Hall–Kier alpha value is -1.39. The molecule has 0 fully saturated rings. The first-order valence-corrected chi connectivity index (χ1v) is 6.53. The van der Waals surface area contributed by atoms with Gasteiger partial charge in [-0.05, 0) is 47.5 Å². The summed E-state index contributed by atoms with van der Waals surface area (Å²) in [7, 11) is 0. The molecular formula is C14H13F2NS. The SMILES string of the molecule is NCc1cc(F)cc(CSc2ccc(F)cc2)c1. The molecule has 0 unspecified atom stereocenters. The molecule has 2 aromatic rings. The van der Waals surface area contributed by atoms with E-state index in [1.807, 2.05) is 6.07 Å². The average molecular weight is 265 g/mol. The van der Waals surface area contributed by atoms with Gasteiger partial charge >= 0.3 is 0 Å². The molecule has 0 amide bonds. The van der Waals surface area contributed by atoms with Gasteiger partial charge in [0.15, 0.2) is 0 Å². The van der Waals surface area contributed by atoms with E-state index < -0.39 is 0 Å². The molecule has 0 radical (unpaired) electrons. The number of benzene rings is 2. The fraction of sp³-hybridized carbons (Fsp3) is 0.143. The molecule has 18 heavy (non-hydrogen) atoms. The van der Waals surface area contributed by atoms with Crippen molar-refractivity contribution in [2.24, 2.45) is 5.73 Å². The fourth-order valence-electron chi connectivity index (χ4n) is 1.62. The third-order valence-corrected chi connectivity index (χ3v) is 3.56. The van der Waals surface area contributed by atoms with E-state index in [-0.39, 0.29) is 11.6 Å². The van der Waals surface area contributed by atoms with Gasteiger partial charge in [-0.25, -0.2) is 8.78 Å². The quantitative estimate of drug-likeness (QED) is 0.853. The smallest absolute Gasteiger partial charge is 0.123 e. The predicted molar refractivity (Wildman–Crippen MR) is 70.3 cm³/mol. The summed E-state index contributed by atoms with van der Waals surface area (Å²) in [5.74, 6) is 0.110. The summed E-state index contributed by atoms with van der Waals surface area (Å²) in [6.45, 7) is 0.325. The molecule has 2 aromatic carbocycles. The van der Waals surface area contributed by atoms with Crippen molar-refractivity contribution in [3.8, 4) is 0 Å². The Labute approximate surface area is 109 Å². The molecule has 1 nitrogen and oxygen atoms in total. The maximum Gasteiger partial charge on any atom is 0.123 e. The van der Waals surface area contributed by atoms with Gasteiger partial charge in [-0.2, -0.15) is 0 Å². The van der Waals surface area contributed by atoms with E-state index in [1.165, 1.54) is 36.0 Å². The molecule has 0 saturated heterocycles. The minimum atomic E-state index is -0.271. The highest BCUT2D eigenvalue weighted by Gasteiger charge is 2.01. The molecular weight excluding hydrogens is 252 g/mol. The Bertz CT molecular complexity index is 526. The van der Waals surface area contributed by atoms with E-state index in [0.717, 1.165) is 16.0 Å². The molecule has 0 heterocycles. The lowest BCUT2D eigenvalue weighted by atomic mass is 10.1. The summed E-state index contributed by atoms with van der Waals surface area (Å²) in [6, 6.07) is 11.1. The maximum absolute atomic E-state index is 13.3. The van der Waals surface area contributed by atoms with Crippen molar-refractivity contribution in [3.05, 3.63) is 65.2 Å². The topological polar surface area (TPSA) is 26.0 Å². The molecule has 0 saturated carbocycles. The highest BCUT2D eigenvalue weighted by atomic mass is 32.2. The van der Waals surface area contributed by atoms with E-state index in [1.54, 1.807) is 12.1 Å². The normalized spacial score (nSPS) is 10.6. The van der Waals surface area contributed by atoms with Gasteiger partial charge in [0.2, 0.25) is 0 Å². The first kappa shape index (κ1) is 13.1. The Morgan fingerprint density at radius 3 is 2.22 bits per heavy atom. The highest BCUT2D eigenvalue weighted by molar-refractivity contribution is 7.98. The average Bonchev–Trinajstić information content (AvgIpc) is 2.37. The van der Waals surface area contributed by atoms with E-state index >= 15 is 0 Å². The third kappa shape index (κ3) is 3.55. The number of hydrogen-bond donors (Lipinski definition) is 1. The second-order valence-corrected chi connectivity index (χ2v) is 4.96. The molecule has 0 aliphatic carbocycles. The third-order valence-electron chi connectivity index (χ3n) is 2.47. The number of thioether (sulfide) groups is 1. The lowest BCUT2D eigenvalue weighted by Gasteiger charge is -2.05. The summed E-state index contributed by atoms with van der Waals surface area (Å²) in [4.78, 5) is 0.954. The summed E-state index contributed by atoms with van der Waals surface area (Å²) in [5.41, 5.74) is 7.16. The zero-order valence-corrected chi connectivity index (χ0v) is 10.5. The first-order valence-electron chi connectivity index (χ1n) is 5.54. The van der Waals surface area contributed by atoms with Gasteiger partial charge in [-0.3, -0.25) is 0 Å². The summed E-state index contributed by atoms with van der Waals surface area (Å²) in [5, 5.41) is 0. The van der Waals surface area contributed by atoms with Crippen LogP contribution in [0.25, 0.3) is 0 Å². The fourth-order valence-corrected chi connectivity index (χ4v) is 2.44. The number of halogens is 2. The molecule has 4 heteroatoms. The van der Waals surface area contributed by atoms with Gasteiger partial charge < -0.3 is 5.73 Å². The van der Waals surface area contributed by atoms with Gasteiger partial charge in [-0.15, -0.1) is 11.8 Å². The summed E-state index contributed by atoms with van der Waals surface area (Å²) < 4.78 is 26.0. The van der Waals surface area contributed by atoms with Crippen molar-refractivity contribution in [1.29, 1.82) is 0 Å². The molecule has 0 aliphatic heterocycles. The molecule has 2 N–H and O–H groups in total. The minimum Gasteiger partial charge on any atom is -0.326 e. The first-order chi connectivity index (χ1) is 8.67. The Morgan fingerprint density at radius 2 is 1.56 bits per heavy atom. The Morgan fingerprint density at radius 1 is 0.889 bits per heavy atom. The van der Waals surface area contributed by atoms with Crippen molar-refractivity contribution >= 4 is 11.8 Å². The molecule has 0 aromatic heterocycles. The monoisotopic (exact) mass is 265 g/mol. The van der Waals surface area contributed by atoms with Crippen LogP contribution in [0.3, 0.4) is 0 Å². The highest BCUT2D eigenvalue weighted by Crippen LogP contribution is 2.23. The lowest BCUT2D eigenvalue weighted by molar-refractivity contribution is 0.624. The van der Waals surface area contributed by atoms with Crippen LogP contribution in [0.2, 0.25) is 0 Å². The number of hydrogen-bond acceptors (Lipinski definition) is 2. The van der Waals surface area contributed by atoms with Gasteiger partial charge in [0.05, 0.1) is 0 Å². The van der Waals surface area contributed by atoms with Gasteiger partial charge in [0.1, 0.15) is 11.6 Å². The van der Waals surface area contributed by atoms with Gasteiger partial charge in [0.25, 0.3) is 0 Å². The van der Waals surface area contributed by atoms with Crippen LogP contribution in [0.4, 0.5) is 8.78 Å². The van der Waals surface area contributed by atoms with Crippen LogP contribution < -0.4 is 5.73 Å². The van der Waals surface area contributed by atoms with Crippen LogP contribution in [-0.2, 0) is 12.3 Å². The number of rotatable bonds is 4. The molecule has 0 bridgehead atoms. The number of nitrogens with two attached hydrogens (primary N) is 1. The van der Waals surface area contributed by atoms with Gasteiger partial charge in [0, 0.05) is 17.2 Å². The Kier molecular flexibility index (Phi) is 4.33.